The average molecular weight is 687 g/mol. The van der Waals surface area contributed by atoms with Gasteiger partial charge in [0, 0.05) is 59.3 Å². The number of likely N-dealkylation sites (N-methyl/N-ethyl adjacent to an activating group) is 1. The van der Waals surface area contributed by atoms with E-state index in [0.717, 1.165) is 40.9 Å². The van der Waals surface area contributed by atoms with Gasteiger partial charge >= 0.3 is 0 Å². The maximum absolute atomic E-state index is 12.3. The molecule has 2 N–H and O–H groups in total. The lowest BCUT2D eigenvalue weighted by Crippen LogP contribution is -2.32. The summed E-state index contributed by atoms with van der Waals surface area (Å²) in [5, 5.41) is 24.4. The minimum absolute atomic E-state index is 0.335. The summed E-state index contributed by atoms with van der Waals surface area (Å²) in [5.41, 5.74) is 13.7. The van der Waals surface area contributed by atoms with Crippen LogP contribution in [-0.2, 0) is 23.9 Å². The van der Waals surface area contributed by atoms with Gasteiger partial charge in [-0.05, 0) is 135 Å². The zero-order valence-electron chi connectivity index (χ0n) is 33.6. The topological polar surface area (TPSA) is 46.9 Å². The number of nitrogens with zero attached hydrogens (tertiary/aromatic N) is 2. The fourth-order valence-electron chi connectivity index (χ4n) is 8.53. The molecule has 0 amide bonds. The highest BCUT2D eigenvalue weighted by molar-refractivity contribution is 5.70. The van der Waals surface area contributed by atoms with Crippen molar-refractivity contribution in [2.45, 2.75) is 100 Å². The van der Waals surface area contributed by atoms with Crippen LogP contribution in [0.5, 0.6) is 11.5 Å². The smallest absolute Gasteiger partial charge is 0.124 e. The molecule has 0 unspecified atom stereocenters. The second-order valence-corrected chi connectivity index (χ2v) is 15.1. The van der Waals surface area contributed by atoms with Crippen molar-refractivity contribution < 1.29 is 10.2 Å². The van der Waals surface area contributed by atoms with Crippen LogP contribution in [0, 0.1) is 6.92 Å². The summed E-state index contributed by atoms with van der Waals surface area (Å²) >= 11 is 0. The SMILES string of the molecule is C/C=C\C1=C(C)C(C)=C(/C=C\C)C1(C)c1cccc(CN(CCN(C)C)Cc2cc(C)cc(C3(C)C(/C=C\C)=C(C)C(C)=C3/C=C\C)c2O)c1O. The number of hydrogen-bond acceptors (Lipinski definition) is 4. The Hall–Kier alpha value is -4.12. The highest BCUT2D eigenvalue weighted by Crippen LogP contribution is 2.54. The van der Waals surface area contributed by atoms with Crippen LogP contribution in [-0.4, -0.2) is 47.2 Å². The molecule has 0 fully saturated rings. The second kappa shape index (κ2) is 16.0. The van der Waals surface area contributed by atoms with E-state index in [4.69, 9.17) is 0 Å². The van der Waals surface area contributed by atoms with Crippen molar-refractivity contribution in [3.05, 3.63) is 151 Å². The Morgan fingerprint density at radius 3 is 1.41 bits per heavy atom. The summed E-state index contributed by atoms with van der Waals surface area (Å²) in [7, 11) is 4.17. The van der Waals surface area contributed by atoms with Crippen LogP contribution in [0.1, 0.15) is 97.1 Å². The molecule has 51 heavy (non-hydrogen) atoms. The quantitative estimate of drug-likeness (QED) is 0.220. The molecule has 0 saturated heterocycles. The van der Waals surface area contributed by atoms with Crippen molar-refractivity contribution in [3.63, 3.8) is 0 Å². The Bertz CT molecular complexity index is 1840. The van der Waals surface area contributed by atoms with Gasteiger partial charge in [0.1, 0.15) is 11.5 Å². The van der Waals surface area contributed by atoms with Crippen molar-refractivity contribution in [1.29, 1.82) is 0 Å². The van der Waals surface area contributed by atoms with Crippen LogP contribution < -0.4 is 0 Å². The van der Waals surface area contributed by atoms with Crippen LogP contribution in [0.15, 0.2) is 124 Å². The number of hydrogen-bond donors (Lipinski definition) is 2. The van der Waals surface area contributed by atoms with E-state index in [2.05, 4.69) is 173 Å². The van der Waals surface area contributed by atoms with Gasteiger partial charge in [-0.15, -0.1) is 0 Å². The number of rotatable bonds is 13. The number of benzene rings is 2. The highest BCUT2D eigenvalue weighted by atomic mass is 16.3. The van der Waals surface area contributed by atoms with Gasteiger partial charge < -0.3 is 15.1 Å². The number of phenols is 2. The first kappa shape index (κ1) is 39.7. The zero-order valence-corrected chi connectivity index (χ0v) is 33.6. The third kappa shape index (κ3) is 7.19. The van der Waals surface area contributed by atoms with Crippen molar-refractivity contribution in [2.75, 3.05) is 27.2 Å². The second-order valence-electron chi connectivity index (χ2n) is 15.1. The molecule has 4 heteroatoms. The first-order chi connectivity index (χ1) is 24.1. The van der Waals surface area contributed by atoms with Gasteiger partial charge in [0.2, 0.25) is 0 Å². The number of aryl methyl sites for hydroxylation is 1. The molecule has 0 atom stereocenters. The number of phenolic OH excluding ortho intramolecular Hbond substituents is 2. The van der Waals surface area contributed by atoms with Gasteiger partial charge in [0.25, 0.3) is 0 Å². The summed E-state index contributed by atoms with van der Waals surface area (Å²) in [6.07, 6.45) is 17.2. The van der Waals surface area contributed by atoms with Gasteiger partial charge in [-0.3, -0.25) is 4.90 Å². The molecular formula is C47H62N2O2. The van der Waals surface area contributed by atoms with Gasteiger partial charge in [-0.25, -0.2) is 0 Å². The molecule has 0 heterocycles. The molecular weight excluding hydrogens is 625 g/mol. The molecule has 4 rings (SSSR count). The van der Waals surface area contributed by atoms with E-state index in [1.165, 1.54) is 44.6 Å². The molecule has 0 radical (unpaired) electrons. The summed E-state index contributed by atoms with van der Waals surface area (Å²) < 4.78 is 0. The number of allylic oxidation sites excluding steroid dienone is 16. The molecule has 0 bridgehead atoms. The van der Waals surface area contributed by atoms with Crippen LogP contribution in [0.4, 0.5) is 0 Å². The van der Waals surface area contributed by atoms with Crippen molar-refractivity contribution >= 4 is 0 Å². The van der Waals surface area contributed by atoms with Crippen LogP contribution in [0.3, 0.4) is 0 Å². The van der Waals surface area contributed by atoms with Crippen LogP contribution >= 0.6 is 0 Å². The fraction of sp³-hybridized carbons (Fsp3) is 0.404. The molecule has 0 spiro atoms. The molecule has 0 aliphatic heterocycles. The molecule has 0 aromatic heterocycles. The van der Waals surface area contributed by atoms with Gasteiger partial charge in [0.05, 0.1) is 0 Å². The predicted octanol–water partition coefficient (Wildman–Crippen LogP) is 11.1. The molecule has 2 aliphatic carbocycles. The van der Waals surface area contributed by atoms with Crippen molar-refractivity contribution in [3.8, 4) is 11.5 Å². The minimum atomic E-state index is -0.498. The minimum Gasteiger partial charge on any atom is -0.507 e. The summed E-state index contributed by atoms with van der Waals surface area (Å²) in [6.45, 7) is 26.3. The lowest BCUT2D eigenvalue weighted by Gasteiger charge is -2.34. The van der Waals surface area contributed by atoms with Crippen LogP contribution in [0.2, 0.25) is 0 Å². The summed E-state index contributed by atoms with van der Waals surface area (Å²) in [5.74, 6) is 0.677. The Morgan fingerprint density at radius 2 is 0.980 bits per heavy atom. The monoisotopic (exact) mass is 686 g/mol. The van der Waals surface area contributed by atoms with Crippen LogP contribution in [0.25, 0.3) is 0 Å². The van der Waals surface area contributed by atoms with Crippen molar-refractivity contribution in [2.24, 2.45) is 0 Å². The fourth-order valence-corrected chi connectivity index (χ4v) is 8.53. The first-order valence-electron chi connectivity index (χ1n) is 18.5. The summed E-state index contributed by atoms with van der Waals surface area (Å²) in [6, 6.07) is 10.5. The maximum Gasteiger partial charge on any atom is 0.124 e. The van der Waals surface area contributed by atoms with E-state index in [1.54, 1.807) is 0 Å². The van der Waals surface area contributed by atoms with E-state index in [9.17, 15) is 10.2 Å². The largest absolute Gasteiger partial charge is 0.507 e. The molecule has 2 aromatic rings. The standard InChI is InChI=1S/C47H62N2O2/c1-14-19-38-32(6)33(7)39(20-15-2)46(38,10)42-24-18-23-36(44(42)50)29-49(26-25-48(12)13)30-37-27-31(5)28-43(45(37)51)47(11)40(21-16-3)34(8)35(9)41(47)22-17-4/h14-24,27-28,50-51H,25-26,29-30H2,1-13H3/b19-14-,20-15-,21-16-,22-17-. The first-order valence-corrected chi connectivity index (χ1v) is 18.5. The van der Waals surface area contributed by atoms with Crippen molar-refractivity contribution in [1.82, 2.24) is 9.80 Å². The van der Waals surface area contributed by atoms with E-state index in [0.29, 0.717) is 24.6 Å². The molecule has 4 nitrogen and oxygen atoms in total. The van der Waals surface area contributed by atoms with Gasteiger partial charge in [0.15, 0.2) is 0 Å². The number of para-hydroxylation sites is 1. The molecule has 2 aromatic carbocycles. The zero-order chi connectivity index (χ0) is 37.8. The lowest BCUT2D eigenvalue weighted by molar-refractivity contribution is 0.221. The van der Waals surface area contributed by atoms with E-state index in [-0.39, 0.29) is 0 Å². The Kier molecular flexibility index (Phi) is 12.5. The van der Waals surface area contributed by atoms with E-state index in [1.807, 2.05) is 6.07 Å². The average Bonchev–Trinajstić information content (AvgIpc) is 3.38. The van der Waals surface area contributed by atoms with Gasteiger partial charge in [-0.1, -0.05) is 84.5 Å². The Labute approximate surface area is 309 Å². The molecule has 0 saturated carbocycles. The van der Waals surface area contributed by atoms with Gasteiger partial charge in [-0.2, -0.15) is 0 Å². The van der Waals surface area contributed by atoms with E-state index < -0.39 is 10.8 Å². The Morgan fingerprint density at radius 1 is 0.569 bits per heavy atom. The maximum atomic E-state index is 12.3. The number of aromatic hydroxyl groups is 2. The van der Waals surface area contributed by atoms with E-state index >= 15 is 0 Å². The molecule has 272 valence electrons. The Balaban J connectivity index is 1.83. The third-order valence-electron chi connectivity index (χ3n) is 11.4. The highest BCUT2D eigenvalue weighted by Gasteiger charge is 2.43. The molecule has 2 aliphatic rings. The lowest BCUT2D eigenvalue weighted by atomic mass is 9.70. The third-order valence-corrected chi connectivity index (χ3v) is 11.4. The summed E-state index contributed by atoms with van der Waals surface area (Å²) in [4.78, 5) is 4.54. The predicted molar refractivity (Wildman–Crippen MR) is 218 cm³/mol. The normalized spacial score (nSPS) is 18.0.